The van der Waals surface area contributed by atoms with E-state index in [4.69, 9.17) is 0 Å². The van der Waals surface area contributed by atoms with Crippen molar-refractivity contribution in [2.75, 3.05) is 32.7 Å². The van der Waals surface area contributed by atoms with E-state index < -0.39 is 0 Å². The van der Waals surface area contributed by atoms with Gasteiger partial charge in [-0.2, -0.15) is 0 Å². The van der Waals surface area contributed by atoms with E-state index in [1.165, 1.54) is 0 Å². The Morgan fingerprint density at radius 1 is 1.11 bits per heavy atom. The molecule has 1 aliphatic rings. The number of amides is 2. The number of piperazine rings is 1. The summed E-state index contributed by atoms with van der Waals surface area (Å²) in [6.07, 6.45) is 4.97. The first-order valence-electron chi connectivity index (χ1n) is 7.49. The van der Waals surface area contributed by atoms with E-state index in [-0.39, 0.29) is 11.8 Å². The molecule has 1 saturated heterocycles. The Hall–Kier alpha value is -1.10. The molecule has 0 aliphatic carbocycles. The molecule has 0 aromatic heterocycles. The molecule has 5 heteroatoms. The van der Waals surface area contributed by atoms with E-state index in [2.05, 4.69) is 17.6 Å². The van der Waals surface area contributed by atoms with Gasteiger partial charge in [0.15, 0.2) is 0 Å². The van der Waals surface area contributed by atoms with Gasteiger partial charge in [0.1, 0.15) is 0 Å². The molecule has 2 N–H and O–H groups in total. The second-order valence-corrected chi connectivity index (χ2v) is 5.04. The van der Waals surface area contributed by atoms with Crippen molar-refractivity contribution in [3.63, 3.8) is 0 Å². The zero-order chi connectivity index (χ0) is 13.9. The van der Waals surface area contributed by atoms with Gasteiger partial charge in [-0.15, -0.1) is 0 Å². The van der Waals surface area contributed by atoms with E-state index in [0.29, 0.717) is 19.3 Å². The smallest absolute Gasteiger partial charge is 0.222 e. The molecule has 0 unspecified atom stereocenters. The van der Waals surface area contributed by atoms with Crippen LogP contribution in [0.5, 0.6) is 0 Å². The van der Waals surface area contributed by atoms with Gasteiger partial charge in [-0.3, -0.25) is 9.59 Å². The van der Waals surface area contributed by atoms with Crippen molar-refractivity contribution in [1.29, 1.82) is 0 Å². The standard InChI is InChI=1S/C14H27N3O2/c1-2-3-4-8-16-13(18)6-5-7-14(19)17-11-9-15-10-12-17/h15H,2-12H2,1H3,(H,16,18). The SMILES string of the molecule is CCCCCNC(=O)CCCC(=O)N1CCNCC1. The van der Waals surface area contributed by atoms with Crippen molar-refractivity contribution < 1.29 is 9.59 Å². The molecule has 1 heterocycles. The number of unbranched alkanes of at least 4 members (excludes halogenated alkanes) is 2. The van der Waals surface area contributed by atoms with E-state index in [0.717, 1.165) is 52.0 Å². The van der Waals surface area contributed by atoms with Gasteiger partial charge in [-0.05, 0) is 12.8 Å². The van der Waals surface area contributed by atoms with Crippen molar-refractivity contribution in [1.82, 2.24) is 15.5 Å². The fraction of sp³-hybridized carbons (Fsp3) is 0.857. The molecule has 0 aromatic carbocycles. The number of nitrogens with zero attached hydrogens (tertiary/aromatic N) is 1. The van der Waals surface area contributed by atoms with Crippen LogP contribution in [0.25, 0.3) is 0 Å². The van der Waals surface area contributed by atoms with E-state index in [1.54, 1.807) is 0 Å². The van der Waals surface area contributed by atoms with Crippen LogP contribution < -0.4 is 10.6 Å². The Bertz CT molecular complexity index is 276. The zero-order valence-electron chi connectivity index (χ0n) is 12.0. The molecule has 5 nitrogen and oxygen atoms in total. The number of hydrogen-bond donors (Lipinski definition) is 2. The van der Waals surface area contributed by atoms with Crippen molar-refractivity contribution >= 4 is 11.8 Å². The predicted molar refractivity (Wildman–Crippen MR) is 75.8 cm³/mol. The molecular weight excluding hydrogens is 242 g/mol. The van der Waals surface area contributed by atoms with Crippen molar-refractivity contribution in [3.05, 3.63) is 0 Å². The Kier molecular flexibility index (Phi) is 8.21. The lowest BCUT2D eigenvalue weighted by molar-refractivity contribution is -0.132. The summed E-state index contributed by atoms with van der Waals surface area (Å²) in [6.45, 7) is 6.25. The molecule has 0 radical (unpaired) electrons. The quantitative estimate of drug-likeness (QED) is 0.644. The third kappa shape index (κ3) is 7.15. The Balaban J connectivity index is 2.02. The fourth-order valence-electron chi connectivity index (χ4n) is 2.16. The van der Waals surface area contributed by atoms with Gasteiger partial charge in [-0.25, -0.2) is 0 Å². The Morgan fingerprint density at radius 3 is 2.53 bits per heavy atom. The highest BCUT2D eigenvalue weighted by molar-refractivity contribution is 5.79. The largest absolute Gasteiger partial charge is 0.356 e. The molecule has 19 heavy (non-hydrogen) atoms. The summed E-state index contributed by atoms with van der Waals surface area (Å²) in [7, 11) is 0. The van der Waals surface area contributed by atoms with Crippen LogP contribution in [0.3, 0.4) is 0 Å². The maximum Gasteiger partial charge on any atom is 0.222 e. The van der Waals surface area contributed by atoms with Crippen molar-refractivity contribution in [2.45, 2.75) is 45.4 Å². The van der Waals surface area contributed by atoms with Gasteiger partial charge in [0.2, 0.25) is 11.8 Å². The third-order valence-corrected chi connectivity index (χ3v) is 3.37. The lowest BCUT2D eigenvalue weighted by Gasteiger charge is -2.27. The summed E-state index contributed by atoms with van der Waals surface area (Å²) in [6, 6.07) is 0. The molecule has 2 amide bonds. The molecule has 110 valence electrons. The number of carbonyl (C=O) groups excluding carboxylic acids is 2. The maximum absolute atomic E-state index is 11.8. The number of carbonyl (C=O) groups is 2. The van der Waals surface area contributed by atoms with Crippen molar-refractivity contribution in [2.24, 2.45) is 0 Å². The molecular formula is C14H27N3O2. The second-order valence-electron chi connectivity index (χ2n) is 5.04. The summed E-state index contributed by atoms with van der Waals surface area (Å²) in [5.41, 5.74) is 0. The van der Waals surface area contributed by atoms with Crippen LogP contribution in [0.15, 0.2) is 0 Å². The predicted octanol–water partition coefficient (Wildman–Crippen LogP) is 0.895. The molecule has 0 atom stereocenters. The minimum absolute atomic E-state index is 0.0733. The second kappa shape index (κ2) is 9.78. The highest BCUT2D eigenvalue weighted by Gasteiger charge is 2.15. The highest BCUT2D eigenvalue weighted by atomic mass is 16.2. The van der Waals surface area contributed by atoms with Crippen LogP contribution in [-0.2, 0) is 9.59 Å². The van der Waals surface area contributed by atoms with Gasteiger partial charge in [-0.1, -0.05) is 19.8 Å². The summed E-state index contributed by atoms with van der Waals surface area (Å²) in [4.78, 5) is 25.2. The first-order chi connectivity index (χ1) is 9.24. The van der Waals surface area contributed by atoms with Crippen LogP contribution in [0.2, 0.25) is 0 Å². The molecule has 1 fully saturated rings. The fourth-order valence-corrected chi connectivity index (χ4v) is 2.16. The van der Waals surface area contributed by atoms with Crippen LogP contribution in [-0.4, -0.2) is 49.4 Å². The van der Waals surface area contributed by atoms with Crippen LogP contribution in [0.4, 0.5) is 0 Å². The molecule has 0 bridgehead atoms. The van der Waals surface area contributed by atoms with Gasteiger partial charge < -0.3 is 15.5 Å². The van der Waals surface area contributed by atoms with Gasteiger partial charge in [0.25, 0.3) is 0 Å². The third-order valence-electron chi connectivity index (χ3n) is 3.37. The summed E-state index contributed by atoms with van der Waals surface area (Å²) >= 11 is 0. The first kappa shape index (κ1) is 16.0. The number of hydrogen-bond acceptors (Lipinski definition) is 3. The number of rotatable bonds is 8. The van der Waals surface area contributed by atoms with Crippen molar-refractivity contribution in [3.8, 4) is 0 Å². The molecule has 1 aliphatic heterocycles. The Labute approximate surface area is 116 Å². The summed E-state index contributed by atoms with van der Waals surface area (Å²) < 4.78 is 0. The normalized spacial score (nSPS) is 15.3. The van der Waals surface area contributed by atoms with Crippen LogP contribution >= 0.6 is 0 Å². The maximum atomic E-state index is 11.8. The lowest BCUT2D eigenvalue weighted by atomic mass is 10.2. The molecule has 0 aromatic rings. The molecule has 1 rings (SSSR count). The average molecular weight is 269 g/mol. The van der Waals surface area contributed by atoms with Crippen LogP contribution in [0.1, 0.15) is 45.4 Å². The number of nitrogens with one attached hydrogen (secondary N) is 2. The summed E-state index contributed by atoms with van der Waals surface area (Å²) in [5, 5.41) is 6.12. The van der Waals surface area contributed by atoms with Crippen LogP contribution in [0, 0.1) is 0 Å². The van der Waals surface area contributed by atoms with E-state index >= 15 is 0 Å². The highest BCUT2D eigenvalue weighted by Crippen LogP contribution is 2.02. The monoisotopic (exact) mass is 269 g/mol. The lowest BCUT2D eigenvalue weighted by Crippen LogP contribution is -2.46. The first-order valence-corrected chi connectivity index (χ1v) is 7.49. The van der Waals surface area contributed by atoms with E-state index in [1.807, 2.05) is 4.90 Å². The van der Waals surface area contributed by atoms with Gasteiger partial charge >= 0.3 is 0 Å². The minimum atomic E-state index is 0.0733. The van der Waals surface area contributed by atoms with Gasteiger partial charge in [0.05, 0.1) is 0 Å². The molecule has 0 spiro atoms. The minimum Gasteiger partial charge on any atom is -0.356 e. The summed E-state index contributed by atoms with van der Waals surface area (Å²) in [5.74, 6) is 0.254. The zero-order valence-corrected chi connectivity index (χ0v) is 12.0. The molecule has 0 saturated carbocycles. The topological polar surface area (TPSA) is 61.4 Å². The van der Waals surface area contributed by atoms with Gasteiger partial charge in [0, 0.05) is 45.6 Å². The van der Waals surface area contributed by atoms with E-state index in [9.17, 15) is 9.59 Å². The Morgan fingerprint density at radius 2 is 1.84 bits per heavy atom. The average Bonchev–Trinajstić information content (AvgIpc) is 2.44.